The summed E-state index contributed by atoms with van der Waals surface area (Å²) in [5.74, 6) is 1.24. The molecule has 0 aliphatic carbocycles. The van der Waals surface area contributed by atoms with Crippen LogP contribution in [0.2, 0.25) is 10.0 Å². The summed E-state index contributed by atoms with van der Waals surface area (Å²) >= 11 is 12.1. The molecule has 37 heavy (non-hydrogen) atoms. The van der Waals surface area contributed by atoms with Crippen LogP contribution in [0, 0.1) is 0 Å². The first-order valence-electron chi connectivity index (χ1n) is 10.8. The molecule has 12 heteroatoms. The molecule has 0 radical (unpaired) electrons. The molecular weight excluding hydrogens is 543 g/mol. The van der Waals surface area contributed by atoms with Crippen molar-refractivity contribution in [1.29, 1.82) is 0 Å². The Morgan fingerprint density at radius 3 is 2.05 bits per heavy atom. The fraction of sp³-hybridized carbons (Fsp3) is 0.240. The summed E-state index contributed by atoms with van der Waals surface area (Å²) in [5.41, 5.74) is 1.10. The zero-order valence-corrected chi connectivity index (χ0v) is 22.9. The summed E-state index contributed by atoms with van der Waals surface area (Å²) in [5, 5.41) is 0.523. The van der Waals surface area contributed by atoms with Gasteiger partial charge in [-0.25, -0.2) is 8.42 Å². The van der Waals surface area contributed by atoms with Gasteiger partial charge in [-0.3, -0.25) is 9.52 Å². The Bertz CT molecular complexity index is 1340. The van der Waals surface area contributed by atoms with Gasteiger partial charge >= 0.3 is 0 Å². The number of methoxy groups -OCH3 is 3. The van der Waals surface area contributed by atoms with Crippen LogP contribution in [0.4, 0.5) is 5.69 Å². The van der Waals surface area contributed by atoms with Crippen molar-refractivity contribution in [1.82, 2.24) is 4.90 Å². The predicted molar refractivity (Wildman–Crippen MR) is 142 cm³/mol. The smallest absolute Gasteiger partial charge is 0.261 e. The number of sulfonamides is 1. The van der Waals surface area contributed by atoms with Crippen LogP contribution in [-0.4, -0.2) is 54.2 Å². The summed E-state index contributed by atoms with van der Waals surface area (Å²) in [6.45, 7) is -0.0596. The van der Waals surface area contributed by atoms with Crippen LogP contribution in [-0.2, 0) is 21.4 Å². The van der Waals surface area contributed by atoms with Gasteiger partial charge in [0.05, 0.1) is 31.2 Å². The zero-order chi connectivity index (χ0) is 27.2. The third-order valence-electron chi connectivity index (χ3n) is 5.23. The number of nitrogens with zero attached hydrogens (tertiary/aromatic N) is 1. The van der Waals surface area contributed by atoms with Crippen molar-refractivity contribution in [3.63, 3.8) is 0 Å². The standard InChI is InChI=1S/C25H26Cl2N2O7S/c1-29(14-16-11-22(33-2)25(35-4)23(12-16)34-3)24(30)15-36-21-10-9-19(13-20(21)27)37(31,32)28-18-7-5-17(26)6-8-18/h5-13,28H,14-15H2,1-4H3. The number of hydrogen-bond acceptors (Lipinski definition) is 7. The SMILES string of the molecule is COc1cc(CN(C)C(=O)COc2ccc(S(=O)(=O)Nc3ccc(Cl)cc3)cc2Cl)cc(OC)c1OC. The molecule has 0 heterocycles. The maximum Gasteiger partial charge on any atom is 0.261 e. The first kappa shape index (κ1) is 28.2. The van der Waals surface area contributed by atoms with Crippen molar-refractivity contribution >= 4 is 44.8 Å². The summed E-state index contributed by atoms with van der Waals surface area (Å²) in [6.07, 6.45) is 0. The lowest BCUT2D eigenvalue weighted by Crippen LogP contribution is -2.31. The molecule has 0 aliphatic rings. The number of amides is 1. The van der Waals surface area contributed by atoms with Crippen molar-refractivity contribution in [2.45, 2.75) is 11.4 Å². The molecule has 0 saturated heterocycles. The van der Waals surface area contributed by atoms with Crippen LogP contribution < -0.4 is 23.7 Å². The van der Waals surface area contributed by atoms with Gasteiger partial charge in [0.25, 0.3) is 15.9 Å². The van der Waals surface area contributed by atoms with Crippen LogP contribution in [0.15, 0.2) is 59.5 Å². The quantitative estimate of drug-likeness (QED) is 0.352. The van der Waals surface area contributed by atoms with Crippen molar-refractivity contribution in [2.75, 3.05) is 39.7 Å². The molecule has 0 bridgehead atoms. The fourth-order valence-electron chi connectivity index (χ4n) is 3.34. The van der Waals surface area contributed by atoms with Crippen molar-refractivity contribution < 1.29 is 32.2 Å². The lowest BCUT2D eigenvalue weighted by Gasteiger charge is -2.20. The molecule has 1 N–H and O–H groups in total. The van der Waals surface area contributed by atoms with Gasteiger partial charge in [-0.1, -0.05) is 23.2 Å². The van der Waals surface area contributed by atoms with Crippen molar-refractivity contribution in [2.24, 2.45) is 0 Å². The van der Waals surface area contributed by atoms with Crippen LogP contribution in [0.25, 0.3) is 0 Å². The Morgan fingerprint density at radius 1 is 0.892 bits per heavy atom. The van der Waals surface area contributed by atoms with Gasteiger partial charge in [0.2, 0.25) is 5.75 Å². The molecule has 0 fully saturated rings. The summed E-state index contributed by atoms with van der Waals surface area (Å²) in [6, 6.07) is 13.7. The fourth-order valence-corrected chi connectivity index (χ4v) is 4.85. The lowest BCUT2D eigenvalue weighted by molar-refractivity contribution is -0.132. The minimum atomic E-state index is -3.90. The molecular formula is C25H26Cl2N2O7S. The van der Waals surface area contributed by atoms with Gasteiger partial charge in [-0.05, 0) is 60.2 Å². The third-order valence-corrected chi connectivity index (χ3v) is 7.16. The molecule has 3 aromatic rings. The van der Waals surface area contributed by atoms with Crippen LogP contribution >= 0.6 is 23.2 Å². The number of hydrogen-bond donors (Lipinski definition) is 1. The van der Waals surface area contributed by atoms with E-state index >= 15 is 0 Å². The van der Waals surface area contributed by atoms with Crippen LogP contribution in [0.5, 0.6) is 23.0 Å². The molecule has 0 aliphatic heterocycles. The Balaban J connectivity index is 1.64. The van der Waals surface area contributed by atoms with Crippen LogP contribution in [0.1, 0.15) is 5.56 Å². The third kappa shape index (κ3) is 7.12. The van der Waals surface area contributed by atoms with Gasteiger partial charge in [-0.2, -0.15) is 0 Å². The van der Waals surface area contributed by atoms with Gasteiger partial charge < -0.3 is 23.8 Å². The van der Waals surface area contributed by atoms with E-state index in [-0.39, 0.29) is 34.7 Å². The van der Waals surface area contributed by atoms with E-state index in [1.165, 1.54) is 44.4 Å². The molecule has 1 amide bonds. The minimum Gasteiger partial charge on any atom is -0.493 e. The maximum absolute atomic E-state index is 12.7. The topological polar surface area (TPSA) is 103 Å². The summed E-state index contributed by atoms with van der Waals surface area (Å²) in [4.78, 5) is 14.1. The number of carbonyl (C=O) groups is 1. The Morgan fingerprint density at radius 2 is 1.51 bits per heavy atom. The Kier molecular flexibility index (Phi) is 9.36. The van der Waals surface area contributed by atoms with E-state index in [9.17, 15) is 13.2 Å². The average molecular weight is 569 g/mol. The number of carbonyl (C=O) groups excluding carboxylic acids is 1. The van der Waals surface area contributed by atoms with Crippen LogP contribution in [0.3, 0.4) is 0 Å². The van der Waals surface area contributed by atoms with E-state index in [1.54, 1.807) is 43.4 Å². The maximum atomic E-state index is 12.7. The number of rotatable bonds is 11. The normalized spacial score (nSPS) is 11.0. The first-order chi connectivity index (χ1) is 17.6. The van der Waals surface area contributed by atoms with Crippen molar-refractivity contribution in [3.8, 4) is 23.0 Å². The second-order valence-electron chi connectivity index (χ2n) is 7.78. The van der Waals surface area contributed by atoms with E-state index in [1.807, 2.05) is 0 Å². The number of ether oxygens (including phenoxy) is 4. The highest BCUT2D eigenvalue weighted by Crippen LogP contribution is 2.38. The first-order valence-corrected chi connectivity index (χ1v) is 13.1. The second-order valence-corrected chi connectivity index (χ2v) is 10.3. The van der Waals surface area contributed by atoms with E-state index in [0.29, 0.717) is 28.0 Å². The van der Waals surface area contributed by atoms with Gasteiger partial charge in [0, 0.05) is 24.3 Å². The molecule has 0 unspecified atom stereocenters. The number of halogens is 2. The average Bonchev–Trinajstić information content (AvgIpc) is 2.88. The highest BCUT2D eigenvalue weighted by atomic mass is 35.5. The second kappa shape index (κ2) is 12.3. The number of likely N-dealkylation sites (N-methyl/N-ethyl adjacent to an activating group) is 1. The van der Waals surface area contributed by atoms with E-state index in [2.05, 4.69) is 4.72 Å². The molecule has 3 aromatic carbocycles. The molecule has 198 valence electrons. The van der Waals surface area contributed by atoms with Gasteiger partial charge in [-0.15, -0.1) is 0 Å². The van der Waals surface area contributed by atoms with Gasteiger partial charge in [0.1, 0.15) is 5.75 Å². The largest absolute Gasteiger partial charge is 0.493 e. The lowest BCUT2D eigenvalue weighted by atomic mass is 10.1. The molecule has 0 atom stereocenters. The zero-order valence-electron chi connectivity index (χ0n) is 20.6. The number of anilines is 1. The predicted octanol–water partition coefficient (Wildman–Crippen LogP) is 4.86. The molecule has 0 aromatic heterocycles. The van der Waals surface area contributed by atoms with E-state index in [0.717, 1.165) is 5.56 Å². The van der Waals surface area contributed by atoms with E-state index in [4.69, 9.17) is 42.1 Å². The molecule has 9 nitrogen and oxygen atoms in total. The molecule has 0 saturated carbocycles. The summed E-state index contributed by atoms with van der Waals surface area (Å²) in [7, 11) is 2.25. The minimum absolute atomic E-state index is 0.0408. The Labute approximate surface area is 225 Å². The summed E-state index contributed by atoms with van der Waals surface area (Å²) < 4.78 is 49.4. The van der Waals surface area contributed by atoms with Gasteiger partial charge in [0.15, 0.2) is 18.1 Å². The molecule has 3 rings (SSSR count). The highest BCUT2D eigenvalue weighted by Gasteiger charge is 2.19. The van der Waals surface area contributed by atoms with E-state index < -0.39 is 10.0 Å². The molecule has 0 spiro atoms. The number of nitrogens with one attached hydrogen (secondary N) is 1. The Hall–Kier alpha value is -3.34. The number of benzene rings is 3. The van der Waals surface area contributed by atoms with Crippen molar-refractivity contribution in [3.05, 3.63) is 70.2 Å². The monoisotopic (exact) mass is 568 g/mol. The highest BCUT2D eigenvalue weighted by molar-refractivity contribution is 7.92.